The minimum absolute atomic E-state index is 0.00144. The van der Waals surface area contributed by atoms with E-state index in [1.807, 2.05) is 0 Å². The molecule has 10 nitrogen and oxygen atoms in total. The smallest absolute Gasteiger partial charge is 0.226 e. The summed E-state index contributed by atoms with van der Waals surface area (Å²) < 4.78 is 58.2. The van der Waals surface area contributed by atoms with Crippen molar-refractivity contribution >= 4 is 31.9 Å². The first-order valence-corrected chi connectivity index (χ1v) is 27.9. The third-order valence-electron chi connectivity index (χ3n) is 12.5. The van der Waals surface area contributed by atoms with E-state index >= 15 is 0 Å². The van der Waals surface area contributed by atoms with Gasteiger partial charge in [-0.05, 0) is 38.5 Å². The summed E-state index contributed by atoms with van der Waals surface area (Å²) in [5.74, 6) is -1.29. The van der Waals surface area contributed by atoms with Crippen molar-refractivity contribution < 1.29 is 26.4 Å². The third-order valence-corrected chi connectivity index (χ3v) is 15.5. The maximum atomic E-state index is 13.4. The Hall–Kier alpha value is -1.24. The number of rotatable bonds is 37. The third kappa shape index (κ3) is 26.9. The first-order chi connectivity index (χ1) is 28.1. The lowest BCUT2D eigenvalue weighted by Crippen LogP contribution is -2.54. The second kappa shape index (κ2) is 33.4. The van der Waals surface area contributed by atoms with Crippen molar-refractivity contribution in [2.45, 2.75) is 257 Å². The lowest BCUT2D eigenvalue weighted by atomic mass is 9.87. The Labute approximate surface area is 357 Å². The summed E-state index contributed by atoms with van der Waals surface area (Å²) in [6.07, 6.45) is 38.3. The maximum Gasteiger partial charge on any atom is 0.226 e. The molecule has 4 N–H and O–H groups in total. The minimum atomic E-state index is -3.63. The van der Waals surface area contributed by atoms with Gasteiger partial charge in [0, 0.05) is 31.1 Å². The van der Waals surface area contributed by atoms with Gasteiger partial charge < -0.3 is 10.6 Å². The first-order valence-electron chi connectivity index (χ1n) is 24.6. The van der Waals surface area contributed by atoms with Crippen LogP contribution in [0.4, 0.5) is 0 Å². The number of unbranched alkanes of at least 4 members (excludes halogenated alkanes) is 28. The van der Waals surface area contributed by atoms with Crippen LogP contribution in [0.2, 0.25) is 0 Å². The van der Waals surface area contributed by atoms with Gasteiger partial charge in [0.25, 0.3) is 0 Å². The van der Waals surface area contributed by atoms with E-state index in [0.717, 1.165) is 38.5 Å². The molecule has 0 bridgehead atoms. The summed E-state index contributed by atoms with van der Waals surface area (Å²) in [6.45, 7) is 4.96. The van der Waals surface area contributed by atoms with E-state index in [2.05, 4.69) is 33.9 Å². The molecule has 2 unspecified atom stereocenters. The molecule has 2 amide bonds. The van der Waals surface area contributed by atoms with E-state index in [0.29, 0.717) is 45.1 Å². The summed E-state index contributed by atoms with van der Waals surface area (Å²) >= 11 is 0. The zero-order valence-electron chi connectivity index (χ0n) is 37.4. The second-order valence-corrected chi connectivity index (χ2v) is 21.7. The molecule has 58 heavy (non-hydrogen) atoms. The Morgan fingerprint density at radius 3 is 1.29 bits per heavy atom. The Balaban J connectivity index is 1.66. The molecule has 2 fully saturated rings. The highest BCUT2D eigenvalue weighted by atomic mass is 32.2. The van der Waals surface area contributed by atoms with Crippen LogP contribution >= 0.6 is 0 Å². The quantitative estimate of drug-likeness (QED) is 0.0457. The van der Waals surface area contributed by atoms with Gasteiger partial charge in [-0.3, -0.25) is 9.59 Å². The molecule has 0 aliphatic carbocycles. The van der Waals surface area contributed by atoms with Gasteiger partial charge in [0.2, 0.25) is 31.9 Å². The van der Waals surface area contributed by atoms with Crippen molar-refractivity contribution in [1.82, 2.24) is 20.1 Å². The molecule has 0 aromatic carbocycles. The van der Waals surface area contributed by atoms with Gasteiger partial charge in [0.1, 0.15) is 0 Å². The van der Waals surface area contributed by atoms with Crippen LogP contribution in [-0.2, 0) is 29.6 Å². The average molecular weight is 859 g/mol. The summed E-state index contributed by atoms with van der Waals surface area (Å²) in [5, 5.41) is 5.89. The second-order valence-electron chi connectivity index (χ2n) is 18.0. The van der Waals surface area contributed by atoms with Gasteiger partial charge >= 0.3 is 0 Å². The lowest BCUT2D eigenvalue weighted by Gasteiger charge is -2.31. The van der Waals surface area contributed by atoms with Crippen LogP contribution in [-0.4, -0.2) is 64.8 Å². The number of hydrogen-bond donors (Lipinski definition) is 4. The molecule has 0 radical (unpaired) electrons. The van der Waals surface area contributed by atoms with Crippen molar-refractivity contribution in [2.75, 3.05) is 18.1 Å². The fourth-order valence-corrected chi connectivity index (χ4v) is 11.8. The monoisotopic (exact) mass is 859 g/mol. The molecule has 0 aromatic heterocycles. The fraction of sp³-hybridized carbons (Fsp3) is 0.957. The standard InChI is InChI=1S/C46H90N4O6S2/c1-3-5-7-9-11-13-15-17-19-20-22-23-25-27-29-31-38-57(53,54)49-41-35-36-42(48-44(51)40-41)45-43(34-33-37-47-46(45)52)50-58(55,56)39-32-30-28-26-24-21-18-16-14-12-10-8-6-4-2/h41-43,45,49-50H,3-40H2,1-2H3,(H,47,52)(H,48,51)/t41-,42?,43-,45?/m0/s1. The SMILES string of the molecule is CCCCCCCCCCCCCCCCCCS(=O)(=O)N[C@H]1CCC(C2C(=O)NCCC[C@@H]2NS(=O)(=O)CCCCCCCCCCCCCCCC)NC(=O)C1. The molecule has 0 saturated carbocycles. The van der Waals surface area contributed by atoms with Crippen molar-refractivity contribution in [1.29, 1.82) is 0 Å². The number of nitrogens with one attached hydrogen (secondary N) is 4. The van der Waals surface area contributed by atoms with Crippen molar-refractivity contribution in [3.8, 4) is 0 Å². The molecule has 12 heteroatoms. The number of hydrogen-bond acceptors (Lipinski definition) is 6. The summed E-state index contributed by atoms with van der Waals surface area (Å²) in [6, 6.07) is -1.78. The van der Waals surface area contributed by atoms with Gasteiger partial charge in [-0.1, -0.05) is 194 Å². The topological polar surface area (TPSA) is 151 Å². The van der Waals surface area contributed by atoms with E-state index in [1.165, 1.54) is 141 Å². The van der Waals surface area contributed by atoms with E-state index in [-0.39, 0.29) is 29.7 Å². The van der Waals surface area contributed by atoms with Gasteiger partial charge in [0.15, 0.2) is 0 Å². The van der Waals surface area contributed by atoms with E-state index < -0.39 is 44.1 Å². The molecule has 342 valence electrons. The number of sulfonamides is 2. The number of amides is 2. The lowest BCUT2D eigenvalue weighted by molar-refractivity contribution is -0.127. The number of carbonyl (C=O) groups is 2. The molecule has 2 aliphatic heterocycles. The minimum Gasteiger partial charge on any atom is -0.356 e. The fourth-order valence-electron chi connectivity index (χ4n) is 8.95. The van der Waals surface area contributed by atoms with Crippen molar-refractivity contribution in [3.05, 3.63) is 0 Å². The Bertz CT molecular complexity index is 1260. The Morgan fingerprint density at radius 2 is 0.879 bits per heavy atom. The van der Waals surface area contributed by atoms with Crippen LogP contribution in [0.1, 0.15) is 239 Å². The molecule has 2 heterocycles. The zero-order valence-corrected chi connectivity index (χ0v) is 39.1. The van der Waals surface area contributed by atoms with Crippen LogP contribution < -0.4 is 20.1 Å². The van der Waals surface area contributed by atoms with Crippen molar-refractivity contribution in [2.24, 2.45) is 5.92 Å². The highest BCUT2D eigenvalue weighted by Gasteiger charge is 2.41. The normalized spacial score (nSPS) is 20.7. The molecular weight excluding hydrogens is 769 g/mol. The first kappa shape index (κ1) is 52.9. The average Bonchev–Trinajstić information content (AvgIpc) is 3.47. The Morgan fingerprint density at radius 1 is 0.500 bits per heavy atom. The van der Waals surface area contributed by atoms with E-state index in [9.17, 15) is 26.4 Å². The maximum absolute atomic E-state index is 13.4. The molecular formula is C46H90N4O6S2. The van der Waals surface area contributed by atoms with Gasteiger partial charge in [0.05, 0.1) is 17.4 Å². The highest BCUT2D eigenvalue weighted by Crippen LogP contribution is 2.25. The largest absolute Gasteiger partial charge is 0.356 e. The summed E-state index contributed by atoms with van der Waals surface area (Å²) in [7, 11) is -7.19. The van der Waals surface area contributed by atoms with Gasteiger partial charge in [-0.25, -0.2) is 26.3 Å². The molecule has 2 rings (SSSR count). The predicted octanol–water partition coefficient (Wildman–Crippen LogP) is 10.5. The van der Waals surface area contributed by atoms with Crippen LogP contribution in [0.3, 0.4) is 0 Å². The summed E-state index contributed by atoms with van der Waals surface area (Å²) in [5.41, 5.74) is 0. The van der Waals surface area contributed by atoms with Crippen LogP contribution in [0.5, 0.6) is 0 Å². The number of carbonyl (C=O) groups excluding carboxylic acids is 2. The molecule has 0 aromatic rings. The van der Waals surface area contributed by atoms with E-state index in [4.69, 9.17) is 0 Å². The molecule has 2 aliphatic rings. The molecule has 0 spiro atoms. The molecule has 2 saturated heterocycles. The molecule has 4 atom stereocenters. The Kier molecular flexibility index (Phi) is 30.5. The zero-order chi connectivity index (χ0) is 42.2. The van der Waals surface area contributed by atoms with Gasteiger partial charge in [-0.15, -0.1) is 0 Å². The van der Waals surface area contributed by atoms with Crippen LogP contribution in [0.25, 0.3) is 0 Å². The van der Waals surface area contributed by atoms with Crippen LogP contribution in [0, 0.1) is 5.92 Å². The highest BCUT2D eigenvalue weighted by molar-refractivity contribution is 7.89. The van der Waals surface area contributed by atoms with Gasteiger partial charge in [-0.2, -0.15) is 0 Å². The van der Waals surface area contributed by atoms with Crippen LogP contribution in [0.15, 0.2) is 0 Å². The van der Waals surface area contributed by atoms with Crippen molar-refractivity contribution in [3.63, 3.8) is 0 Å². The van der Waals surface area contributed by atoms with E-state index in [1.54, 1.807) is 0 Å². The predicted molar refractivity (Wildman–Crippen MR) is 243 cm³/mol. The summed E-state index contributed by atoms with van der Waals surface area (Å²) in [4.78, 5) is 26.4.